The Labute approximate surface area is 107 Å². The highest BCUT2D eigenvalue weighted by Gasteiger charge is 2.15. The second-order valence-corrected chi connectivity index (χ2v) is 4.64. The molecule has 1 aromatic carbocycles. The number of benzene rings is 1. The van der Waals surface area contributed by atoms with Crippen LogP contribution in [0.15, 0.2) is 36.4 Å². The van der Waals surface area contributed by atoms with E-state index in [1.54, 1.807) is 4.90 Å². The van der Waals surface area contributed by atoms with E-state index in [0.29, 0.717) is 6.54 Å². The van der Waals surface area contributed by atoms with Crippen LogP contribution in [0.5, 0.6) is 0 Å². The number of nitrogens with one attached hydrogen (secondary N) is 1. The number of nitrogens with zero attached hydrogens (tertiary/aromatic N) is 1. The molecular weight excluding hydrogens is 224 g/mol. The third-order valence-corrected chi connectivity index (χ3v) is 2.99. The molecule has 0 aliphatic heterocycles. The van der Waals surface area contributed by atoms with Crippen molar-refractivity contribution >= 4 is 5.91 Å². The second-order valence-electron chi connectivity index (χ2n) is 4.64. The molecule has 94 valence electrons. The van der Waals surface area contributed by atoms with Gasteiger partial charge in [0.2, 0.25) is 0 Å². The maximum atomic E-state index is 12.3. The Balaban J connectivity index is 2.12. The lowest BCUT2D eigenvalue weighted by Gasteiger charge is -2.17. The summed E-state index contributed by atoms with van der Waals surface area (Å²) in [7, 11) is 1.83. The lowest BCUT2D eigenvalue weighted by atomic mass is 10.2. The van der Waals surface area contributed by atoms with Gasteiger partial charge in [-0.15, -0.1) is 0 Å². The molecule has 0 saturated heterocycles. The summed E-state index contributed by atoms with van der Waals surface area (Å²) in [5, 5.41) is 0. The van der Waals surface area contributed by atoms with Gasteiger partial charge in [-0.2, -0.15) is 0 Å². The van der Waals surface area contributed by atoms with Gasteiger partial charge in [-0.05, 0) is 25.5 Å². The fourth-order valence-corrected chi connectivity index (χ4v) is 2.08. The molecule has 1 heterocycles. The zero-order valence-corrected chi connectivity index (χ0v) is 11.0. The number of H-pyrrole nitrogens is 1. The Morgan fingerprint density at radius 3 is 2.44 bits per heavy atom. The number of hydrogen-bond acceptors (Lipinski definition) is 1. The minimum absolute atomic E-state index is 0.0562. The molecule has 0 saturated carbocycles. The van der Waals surface area contributed by atoms with Gasteiger partial charge in [-0.3, -0.25) is 4.79 Å². The summed E-state index contributed by atoms with van der Waals surface area (Å²) in [4.78, 5) is 17.2. The molecular formula is C15H18N2O. The van der Waals surface area contributed by atoms with Crippen LogP contribution < -0.4 is 0 Å². The van der Waals surface area contributed by atoms with Gasteiger partial charge in [0, 0.05) is 25.0 Å². The average molecular weight is 242 g/mol. The van der Waals surface area contributed by atoms with Crippen LogP contribution in [0.4, 0.5) is 0 Å². The van der Waals surface area contributed by atoms with Crippen LogP contribution in [-0.2, 0) is 6.54 Å². The highest BCUT2D eigenvalue weighted by molar-refractivity contribution is 5.95. The Morgan fingerprint density at radius 2 is 1.89 bits per heavy atom. The molecule has 2 aromatic rings. The van der Waals surface area contributed by atoms with E-state index in [1.807, 2.05) is 57.3 Å². The number of aromatic nitrogens is 1. The molecule has 0 unspecified atom stereocenters. The lowest BCUT2D eigenvalue weighted by molar-refractivity contribution is 0.0784. The molecule has 0 aliphatic carbocycles. The quantitative estimate of drug-likeness (QED) is 0.882. The summed E-state index contributed by atoms with van der Waals surface area (Å²) < 4.78 is 0. The molecule has 0 aliphatic rings. The zero-order chi connectivity index (χ0) is 13.1. The summed E-state index contributed by atoms with van der Waals surface area (Å²) in [6.45, 7) is 4.51. The molecule has 0 fully saturated rings. The van der Waals surface area contributed by atoms with E-state index < -0.39 is 0 Å². The summed E-state index contributed by atoms with van der Waals surface area (Å²) >= 11 is 0. The molecule has 0 atom stereocenters. The van der Waals surface area contributed by atoms with E-state index >= 15 is 0 Å². The lowest BCUT2D eigenvalue weighted by Crippen LogP contribution is -2.26. The zero-order valence-electron chi connectivity index (χ0n) is 11.0. The Bertz CT molecular complexity index is 543. The van der Waals surface area contributed by atoms with Crippen LogP contribution in [0.25, 0.3) is 0 Å². The van der Waals surface area contributed by atoms with Gasteiger partial charge in [0.15, 0.2) is 0 Å². The minimum Gasteiger partial charge on any atom is -0.362 e. The monoisotopic (exact) mass is 242 g/mol. The van der Waals surface area contributed by atoms with Crippen molar-refractivity contribution in [3.63, 3.8) is 0 Å². The van der Waals surface area contributed by atoms with Crippen molar-refractivity contribution < 1.29 is 4.79 Å². The summed E-state index contributed by atoms with van der Waals surface area (Å²) in [6.07, 6.45) is 0. The van der Waals surface area contributed by atoms with Crippen molar-refractivity contribution in [1.29, 1.82) is 0 Å². The van der Waals surface area contributed by atoms with Gasteiger partial charge in [0.25, 0.3) is 5.91 Å². The van der Waals surface area contributed by atoms with Crippen molar-refractivity contribution in [2.45, 2.75) is 20.4 Å². The summed E-state index contributed by atoms with van der Waals surface area (Å²) in [5.41, 5.74) is 3.84. The number of aromatic amines is 1. The number of carbonyl (C=O) groups is 1. The molecule has 1 N–H and O–H groups in total. The fourth-order valence-electron chi connectivity index (χ4n) is 2.08. The Hall–Kier alpha value is -2.03. The van der Waals surface area contributed by atoms with E-state index in [1.165, 1.54) is 0 Å². The van der Waals surface area contributed by atoms with Crippen LogP contribution in [0.3, 0.4) is 0 Å². The topological polar surface area (TPSA) is 36.1 Å². The van der Waals surface area contributed by atoms with Crippen molar-refractivity contribution in [3.8, 4) is 0 Å². The number of rotatable bonds is 3. The largest absolute Gasteiger partial charge is 0.362 e. The second kappa shape index (κ2) is 5.08. The van der Waals surface area contributed by atoms with Crippen LogP contribution >= 0.6 is 0 Å². The number of hydrogen-bond donors (Lipinski definition) is 1. The number of aryl methyl sites for hydroxylation is 2. The standard InChI is InChI=1S/C15H18N2O/c1-11-9-14(12(2)16-11)15(18)17(3)10-13-7-5-4-6-8-13/h4-9,16H,10H2,1-3H3. The fraction of sp³-hybridized carbons (Fsp3) is 0.267. The molecule has 1 amide bonds. The third-order valence-electron chi connectivity index (χ3n) is 2.99. The number of amides is 1. The number of carbonyl (C=O) groups excluding carboxylic acids is 1. The van der Waals surface area contributed by atoms with E-state index in [-0.39, 0.29) is 5.91 Å². The van der Waals surface area contributed by atoms with E-state index in [0.717, 1.165) is 22.5 Å². The molecule has 0 spiro atoms. The van der Waals surface area contributed by atoms with Crippen LogP contribution in [0, 0.1) is 13.8 Å². The molecule has 1 aromatic heterocycles. The molecule has 0 bridgehead atoms. The Morgan fingerprint density at radius 1 is 1.22 bits per heavy atom. The highest BCUT2D eigenvalue weighted by atomic mass is 16.2. The third kappa shape index (κ3) is 2.62. The first-order chi connectivity index (χ1) is 8.58. The van der Waals surface area contributed by atoms with Crippen LogP contribution in [0.2, 0.25) is 0 Å². The maximum absolute atomic E-state index is 12.3. The van der Waals surface area contributed by atoms with Gasteiger partial charge < -0.3 is 9.88 Å². The smallest absolute Gasteiger partial charge is 0.255 e. The van der Waals surface area contributed by atoms with Gasteiger partial charge in [-0.25, -0.2) is 0 Å². The summed E-state index contributed by atoms with van der Waals surface area (Å²) in [5.74, 6) is 0.0562. The molecule has 2 rings (SSSR count). The minimum atomic E-state index is 0.0562. The van der Waals surface area contributed by atoms with E-state index in [4.69, 9.17) is 0 Å². The maximum Gasteiger partial charge on any atom is 0.255 e. The Kier molecular flexibility index (Phi) is 3.51. The van der Waals surface area contributed by atoms with Crippen molar-refractivity contribution in [2.24, 2.45) is 0 Å². The van der Waals surface area contributed by atoms with Gasteiger partial charge in [0.05, 0.1) is 5.56 Å². The highest BCUT2D eigenvalue weighted by Crippen LogP contribution is 2.13. The SMILES string of the molecule is Cc1cc(C(=O)N(C)Cc2ccccc2)c(C)[nH]1. The van der Waals surface area contributed by atoms with E-state index in [2.05, 4.69) is 4.98 Å². The van der Waals surface area contributed by atoms with Crippen molar-refractivity contribution in [2.75, 3.05) is 7.05 Å². The van der Waals surface area contributed by atoms with Crippen LogP contribution in [-0.4, -0.2) is 22.8 Å². The summed E-state index contributed by atoms with van der Waals surface area (Å²) in [6, 6.07) is 11.9. The normalized spacial score (nSPS) is 10.4. The predicted octanol–water partition coefficient (Wildman–Crippen LogP) is 2.90. The predicted molar refractivity (Wildman–Crippen MR) is 72.5 cm³/mol. The van der Waals surface area contributed by atoms with Crippen molar-refractivity contribution in [3.05, 3.63) is 58.9 Å². The molecule has 3 heteroatoms. The first kappa shape index (κ1) is 12.4. The van der Waals surface area contributed by atoms with Gasteiger partial charge >= 0.3 is 0 Å². The first-order valence-corrected chi connectivity index (χ1v) is 6.03. The molecule has 0 radical (unpaired) electrons. The van der Waals surface area contributed by atoms with Crippen molar-refractivity contribution in [1.82, 2.24) is 9.88 Å². The molecule has 18 heavy (non-hydrogen) atoms. The van der Waals surface area contributed by atoms with Gasteiger partial charge in [-0.1, -0.05) is 30.3 Å². The average Bonchev–Trinajstić information content (AvgIpc) is 2.68. The molecule has 3 nitrogen and oxygen atoms in total. The first-order valence-electron chi connectivity index (χ1n) is 6.03. The van der Waals surface area contributed by atoms with E-state index in [9.17, 15) is 4.79 Å². The van der Waals surface area contributed by atoms with Gasteiger partial charge in [0.1, 0.15) is 0 Å². The van der Waals surface area contributed by atoms with Crippen LogP contribution in [0.1, 0.15) is 27.3 Å².